The summed E-state index contributed by atoms with van der Waals surface area (Å²) in [6.45, 7) is 2.95. The summed E-state index contributed by atoms with van der Waals surface area (Å²) in [7, 11) is 1.62. The average Bonchev–Trinajstić information content (AvgIpc) is 2.35. The molecule has 0 heterocycles. The molecule has 0 unspecified atom stereocenters. The standard InChI is InChI=1S/C12H16BrN3OS/c1-3-16(7-11(17)15-2)10-6-8(13)4-5-9(10)12(14)18/h4-6H,3,7H2,1-2H3,(H2,14,18)(H,15,17). The molecule has 98 valence electrons. The molecular formula is C12H16BrN3OS. The van der Waals surface area contributed by atoms with Crippen molar-refractivity contribution in [2.24, 2.45) is 5.73 Å². The molecule has 0 aliphatic heterocycles. The predicted molar refractivity (Wildman–Crippen MR) is 82.0 cm³/mol. The number of carbonyl (C=O) groups excluding carboxylic acids is 1. The number of benzene rings is 1. The molecule has 1 aromatic rings. The number of anilines is 1. The van der Waals surface area contributed by atoms with Gasteiger partial charge >= 0.3 is 0 Å². The Hall–Kier alpha value is -1.14. The van der Waals surface area contributed by atoms with Crippen LogP contribution < -0.4 is 16.0 Å². The van der Waals surface area contributed by atoms with Crippen LogP contribution in [0.4, 0.5) is 5.69 Å². The van der Waals surface area contributed by atoms with Gasteiger partial charge in [-0.05, 0) is 25.1 Å². The lowest BCUT2D eigenvalue weighted by molar-refractivity contribution is -0.119. The third-order valence-corrected chi connectivity index (χ3v) is 3.27. The van der Waals surface area contributed by atoms with Crippen LogP contribution in [0.25, 0.3) is 0 Å². The molecule has 0 aliphatic carbocycles. The van der Waals surface area contributed by atoms with Crippen molar-refractivity contribution in [1.82, 2.24) is 5.32 Å². The number of nitrogens with one attached hydrogen (secondary N) is 1. The highest BCUT2D eigenvalue weighted by atomic mass is 79.9. The fourth-order valence-electron chi connectivity index (χ4n) is 1.59. The fraction of sp³-hybridized carbons (Fsp3) is 0.333. The molecule has 18 heavy (non-hydrogen) atoms. The topological polar surface area (TPSA) is 58.4 Å². The van der Waals surface area contributed by atoms with Gasteiger partial charge in [0, 0.05) is 29.3 Å². The quantitative estimate of drug-likeness (QED) is 0.806. The lowest BCUT2D eigenvalue weighted by Gasteiger charge is -2.24. The second kappa shape index (κ2) is 6.70. The van der Waals surface area contributed by atoms with Gasteiger partial charge in [-0.25, -0.2) is 0 Å². The van der Waals surface area contributed by atoms with Gasteiger partial charge in [-0.1, -0.05) is 28.1 Å². The van der Waals surface area contributed by atoms with E-state index in [1.54, 1.807) is 7.05 Å². The molecular weight excluding hydrogens is 314 g/mol. The molecule has 3 N–H and O–H groups in total. The van der Waals surface area contributed by atoms with Crippen LogP contribution in [0.1, 0.15) is 12.5 Å². The second-order valence-electron chi connectivity index (χ2n) is 3.71. The molecule has 0 saturated heterocycles. The summed E-state index contributed by atoms with van der Waals surface area (Å²) in [5, 5.41) is 2.61. The average molecular weight is 330 g/mol. The van der Waals surface area contributed by atoms with Crippen LogP contribution in [-0.2, 0) is 4.79 Å². The number of nitrogens with two attached hydrogens (primary N) is 1. The first-order chi connectivity index (χ1) is 8.49. The van der Waals surface area contributed by atoms with Gasteiger partial charge in [-0.2, -0.15) is 0 Å². The minimum absolute atomic E-state index is 0.0503. The number of thiocarbonyl (C=S) groups is 1. The van der Waals surface area contributed by atoms with Gasteiger partial charge in [0.2, 0.25) is 5.91 Å². The Morgan fingerprint density at radius 2 is 2.22 bits per heavy atom. The smallest absolute Gasteiger partial charge is 0.239 e. The normalized spacial score (nSPS) is 9.94. The molecule has 4 nitrogen and oxygen atoms in total. The maximum atomic E-state index is 11.5. The molecule has 0 aliphatic rings. The molecule has 0 spiro atoms. The third kappa shape index (κ3) is 3.68. The number of nitrogens with zero attached hydrogens (tertiary/aromatic N) is 1. The lowest BCUT2D eigenvalue weighted by atomic mass is 10.1. The minimum Gasteiger partial charge on any atom is -0.389 e. The van der Waals surface area contributed by atoms with Crippen molar-refractivity contribution in [3.05, 3.63) is 28.2 Å². The zero-order valence-electron chi connectivity index (χ0n) is 10.4. The number of rotatable bonds is 5. The van der Waals surface area contributed by atoms with E-state index in [2.05, 4.69) is 21.2 Å². The first kappa shape index (κ1) is 14.9. The molecule has 0 aromatic heterocycles. The van der Waals surface area contributed by atoms with Crippen LogP contribution in [0.2, 0.25) is 0 Å². The highest BCUT2D eigenvalue weighted by molar-refractivity contribution is 9.10. The maximum Gasteiger partial charge on any atom is 0.239 e. The zero-order chi connectivity index (χ0) is 13.7. The van der Waals surface area contributed by atoms with Gasteiger partial charge in [0.15, 0.2) is 0 Å². The number of hydrogen-bond acceptors (Lipinski definition) is 3. The number of amides is 1. The fourth-order valence-corrected chi connectivity index (χ4v) is 2.12. The molecule has 1 amide bonds. The first-order valence-corrected chi connectivity index (χ1v) is 6.74. The van der Waals surface area contributed by atoms with Gasteiger partial charge in [0.05, 0.1) is 6.54 Å². The van der Waals surface area contributed by atoms with Crippen LogP contribution in [-0.4, -0.2) is 31.0 Å². The third-order valence-electron chi connectivity index (χ3n) is 2.56. The zero-order valence-corrected chi connectivity index (χ0v) is 12.8. The van der Waals surface area contributed by atoms with Crippen molar-refractivity contribution in [3.63, 3.8) is 0 Å². The first-order valence-electron chi connectivity index (χ1n) is 5.54. The van der Waals surface area contributed by atoms with E-state index < -0.39 is 0 Å². The lowest BCUT2D eigenvalue weighted by Crippen LogP contribution is -2.36. The van der Waals surface area contributed by atoms with E-state index in [1.165, 1.54) is 0 Å². The molecule has 0 bridgehead atoms. The number of hydrogen-bond donors (Lipinski definition) is 2. The monoisotopic (exact) mass is 329 g/mol. The molecule has 0 radical (unpaired) electrons. The largest absolute Gasteiger partial charge is 0.389 e. The van der Waals surface area contributed by atoms with Gasteiger partial charge < -0.3 is 16.0 Å². The van der Waals surface area contributed by atoms with Crippen LogP contribution in [0, 0.1) is 0 Å². The molecule has 0 fully saturated rings. The number of halogens is 1. The Balaban J connectivity index is 3.14. The Bertz CT molecular complexity index is 465. The SMILES string of the molecule is CCN(CC(=O)NC)c1cc(Br)ccc1C(N)=S. The van der Waals surface area contributed by atoms with E-state index in [0.29, 0.717) is 11.5 Å². The highest BCUT2D eigenvalue weighted by Crippen LogP contribution is 2.25. The Labute approximate surface area is 121 Å². The van der Waals surface area contributed by atoms with Crippen LogP contribution in [0.15, 0.2) is 22.7 Å². The molecule has 0 atom stereocenters. The van der Waals surface area contributed by atoms with Crippen molar-refractivity contribution in [1.29, 1.82) is 0 Å². The van der Waals surface area contributed by atoms with E-state index in [1.807, 2.05) is 30.0 Å². The summed E-state index contributed by atoms with van der Waals surface area (Å²) < 4.78 is 0.924. The van der Waals surface area contributed by atoms with E-state index in [-0.39, 0.29) is 12.5 Å². The summed E-state index contributed by atoms with van der Waals surface area (Å²) in [4.78, 5) is 13.7. The van der Waals surface area contributed by atoms with Crippen LogP contribution in [0.5, 0.6) is 0 Å². The number of likely N-dealkylation sites (N-methyl/N-ethyl adjacent to an activating group) is 2. The molecule has 6 heteroatoms. The van der Waals surface area contributed by atoms with Crippen molar-refractivity contribution >= 4 is 44.7 Å². The summed E-state index contributed by atoms with van der Waals surface area (Å²) in [5.41, 5.74) is 7.35. The summed E-state index contributed by atoms with van der Waals surface area (Å²) in [6.07, 6.45) is 0. The van der Waals surface area contributed by atoms with Crippen molar-refractivity contribution in [2.45, 2.75) is 6.92 Å². The van der Waals surface area contributed by atoms with Gasteiger partial charge in [0.25, 0.3) is 0 Å². The van der Waals surface area contributed by atoms with E-state index in [4.69, 9.17) is 18.0 Å². The Morgan fingerprint density at radius 3 is 2.72 bits per heavy atom. The predicted octanol–water partition coefficient (Wildman–Crippen LogP) is 1.66. The van der Waals surface area contributed by atoms with E-state index >= 15 is 0 Å². The van der Waals surface area contributed by atoms with Crippen LogP contribution >= 0.6 is 28.1 Å². The Kier molecular flexibility index (Phi) is 5.55. The van der Waals surface area contributed by atoms with Crippen molar-refractivity contribution < 1.29 is 4.79 Å². The second-order valence-corrected chi connectivity index (χ2v) is 5.07. The summed E-state index contributed by atoms with van der Waals surface area (Å²) >= 11 is 8.45. The van der Waals surface area contributed by atoms with E-state index in [9.17, 15) is 4.79 Å². The van der Waals surface area contributed by atoms with E-state index in [0.717, 1.165) is 15.7 Å². The van der Waals surface area contributed by atoms with Gasteiger partial charge in [-0.15, -0.1) is 0 Å². The highest BCUT2D eigenvalue weighted by Gasteiger charge is 2.14. The van der Waals surface area contributed by atoms with Crippen LogP contribution in [0.3, 0.4) is 0 Å². The van der Waals surface area contributed by atoms with Crippen molar-refractivity contribution in [3.8, 4) is 0 Å². The minimum atomic E-state index is -0.0503. The van der Waals surface area contributed by atoms with Gasteiger partial charge in [-0.3, -0.25) is 4.79 Å². The number of carbonyl (C=O) groups is 1. The molecule has 1 rings (SSSR count). The molecule has 0 saturated carbocycles. The van der Waals surface area contributed by atoms with Gasteiger partial charge in [0.1, 0.15) is 4.99 Å². The molecule has 1 aromatic carbocycles. The summed E-state index contributed by atoms with van der Waals surface area (Å²) in [5.74, 6) is -0.0503. The Morgan fingerprint density at radius 1 is 1.56 bits per heavy atom. The maximum absolute atomic E-state index is 11.5. The summed E-state index contributed by atoms with van der Waals surface area (Å²) in [6, 6.07) is 5.65. The van der Waals surface area contributed by atoms with Crippen molar-refractivity contribution in [2.75, 3.05) is 25.0 Å².